The summed E-state index contributed by atoms with van der Waals surface area (Å²) in [5.41, 5.74) is 2.84. The lowest BCUT2D eigenvalue weighted by molar-refractivity contribution is 0.0979. The molecule has 0 saturated heterocycles. The molecular formula is C20H12N2O3. The highest BCUT2D eigenvalue weighted by atomic mass is 16.5. The Bertz CT molecular complexity index is 1220. The van der Waals surface area contributed by atoms with Crippen LogP contribution in [0.1, 0.15) is 32.0 Å². The maximum Gasteiger partial charge on any atom is 0.211 e. The van der Waals surface area contributed by atoms with Crippen LogP contribution in [0.2, 0.25) is 0 Å². The third kappa shape index (κ3) is 1.69. The first-order valence-corrected chi connectivity index (χ1v) is 7.86. The number of nitrogens with zero attached hydrogens (tertiary/aromatic N) is 1. The van der Waals surface area contributed by atoms with Gasteiger partial charge in [0.1, 0.15) is 11.3 Å². The second kappa shape index (κ2) is 4.77. The van der Waals surface area contributed by atoms with Crippen molar-refractivity contribution in [2.24, 2.45) is 0 Å². The van der Waals surface area contributed by atoms with E-state index in [9.17, 15) is 9.59 Å². The minimum absolute atomic E-state index is 0.181. The molecule has 0 radical (unpaired) electrons. The number of aromatic amines is 1. The van der Waals surface area contributed by atoms with E-state index in [2.05, 4.69) is 9.97 Å². The quantitative estimate of drug-likeness (QED) is 0.511. The first kappa shape index (κ1) is 13.9. The Morgan fingerprint density at radius 3 is 2.56 bits per heavy atom. The predicted molar refractivity (Wildman–Crippen MR) is 93.5 cm³/mol. The standard InChI is InChI=1S/C20H12N2O3/c1-25-14-8-4-6-11-15-12(9-21-17(11)14)19(23)16-10-5-2-3-7-13(10)22-18(16)20(15)24/h2-9,22H,1H3. The number of ether oxygens (including phenoxy) is 1. The van der Waals surface area contributed by atoms with Gasteiger partial charge >= 0.3 is 0 Å². The minimum Gasteiger partial charge on any atom is -0.494 e. The summed E-state index contributed by atoms with van der Waals surface area (Å²) in [5.74, 6) is 0.198. The lowest BCUT2D eigenvalue weighted by Gasteiger charge is -2.17. The number of hydrogen-bond acceptors (Lipinski definition) is 4. The summed E-state index contributed by atoms with van der Waals surface area (Å²) in [6.07, 6.45) is 1.48. The van der Waals surface area contributed by atoms with Gasteiger partial charge in [0.15, 0.2) is 5.78 Å². The van der Waals surface area contributed by atoms with E-state index >= 15 is 0 Å². The van der Waals surface area contributed by atoms with E-state index in [1.807, 2.05) is 24.3 Å². The van der Waals surface area contributed by atoms with Gasteiger partial charge in [-0.1, -0.05) is 30.3 Å². The largest absolute Gasteiger partial charge is 0.494 e. The average molecular weight is 328 g/mol. The van der Waals surface area contributed by atoms with Crippen LogP contribution in [0.3, 0.4) is 0 Å². The molecule has 1 aliphatic rings. The van der Waals surface area contributed by atoms with Crippen molar-refractivity contribution >= 4 is 33.4 Å². The van der Waals surface area contributed by atoms with Gasteiger partial charge in [-0.2, -0.15) is 0 Å². The SMILES string of the molecule is COc1cccc2c3c(cnc12)C(=O)c1c([nH]c2ccccc12)C3=O. The van der Waals surface area contributed by atoms with Gasteiger partial charge < -0.3 is 9.72 Å². The van der Waals surface area contributed by atoms with E-state index in [1.165, 1.54) is 6.20 Å². The Balaban J connectivity index is 1.89. The number of hydrogen-bond donors (Lipinski definition) is 1. The van der Waals surface area contributed by atoms with Crippen molar-refractivity contribution in [3.05, 3.63) is 71.0 Å². The van der Waals surface area contributed by atoms with Gasteiger partial charge in [-0.15, -0.1) is 0 Å². The maximum absolute atomic E-state index is 13.2. The fourth-order valence-corrected chi connectivity index (χ4v) is 3.59. The molecule has 5 heteroatoms. The number of carbonyl (C=O) groups is 2. The second-order valence-corrected chi connectivity index (χ2v) is 5.98. The number of pyridine rings is 1. The number of rotatable bonds is 1. The molecule has 0 unspecified atom stereocenters. The molecule has 0 bridgehead atoms. The van der Waals surface area contributed by atoms with Crippen LogP contribution >= 0.6 is 0 Å². The van der Waals surface area contributed by atoms with Crippen LogP contribution < -0.4 is 4.74 Å². The molecule has 2 aromatic carbocycles. The highest BCUT2D eigenvalue weighted by Gasteiger charge is 2.35. The number of fused-ring (bicyclic) bond motifs is 6. The lowest BCUT2D eigenvalue weighted by Crippen LogP contribution is -2.21. The molecule has 0 amide bonds. The van der Waals surface area contributed by atoms with E-state index in [0.29, 0.717) is 39.0 Å². The topological polar surface area (TPSA) is 72.0 Å². The number of para-hydroxylation sites is 2. The van der Waals surface area contributed by atoms with Gasteiger partial charge in [-0.05, 0) is 12.1 Å². The first-order chi connectivity index (χ1) is 12.2. The molecule has 0 saturated carbocycles. The summed E-state index contributed by atoms with van der Waals surface area (Å²) in [4.78, 5) is 33.8. The second-order valence-electron chi connectivity index (χ2n) is 5.98. The molecule has 0 fully saturated rings. The average Bonchev–Trinajstić information content (AvgIpc) is 3.04. The normalized spacial score (nSPS) is 13.2. The van der Waals surface area contributed by atoms with Crippen LogP contribution in [0.25, 0.3) is 21.8 Å². The molecule has 1 N–H and O–H groups in total. The van der Waals surface area contributed by atoms with E-state index in [4.69, 9.17) is 4.74 Å². The van der Waals surface area contributed by atoms with Gasteiger partial charge in [0, 0.05) is 28.0 Å². The molecule has 0 aliphatic heterocycles. The van der Waals surface area contributed by atoms with E-state index in [1.54, 1.807) is 25.3 Å². The molecule has 5 rings (SSSR count). The van der Waals surface area contributed by atoms with Crippen LogP contribution in [0.15, 0.2) is 48.7 Å². The maximum atomic E-state index is 13.2. The highest BCUT2D eigenvalue weighted by Crippen LogP contribution is 2.36. The van der Waals surface area contributed by atoms with Crippen LogP contribution in [-0.2, 0) is 0 Å². The zero-order chi connectivity index (χ0) is 17.1. The summed E-state index contributed by atoms with van der Waals surface area (Å²) in [6.45, 7) is 0. The zero-order valence-electron chi connectivity index (χ0n) is 13.3. The molecule has 2 aromatic heterocycles. The fraction of sp³-hybridized carbons (Fsp3) is 0.0500. The summed E-state index contributed by atoms with van der Waals surface area (Å²) >= 11 is 0. The fourth-order valence-electron chi connectivity index (χ4n) is 3.59. The van der Waals surface area contributed by atoms with Gasteiger partial charge in [-0.25, -0.2) is 0 Å². The van der Waals surface area contributed by atoms with Gasteiger partial charge in [0.2, 0.25) is 5.78 Å². The van der Waals surface area contributed by atoms with Gasteiger partial charge in [-0.3, -0.25) is 14.6 Å². The third-order valence-electron chi connectivity index (χ3n) is 4.71. The zero-order valence-corrected chi connectivity index (χ0v) is 13.3. The van der Waals surface area contributed by atoms with Crippen LogP contribution in [0.5, 0.6) is 5.75 Å². The Morgan fingerprint density at radius 2 is 1.72 bits per heavy atom. The number of benzene rings is 2. The number of methoxy groups -OCH3 is 1. The monoisotopic (exact) mass is 328 g/mol. The Morgan fingerprint density at radius 1 is 0.920 bits per heavy atom. The van der Waals surface area contributed by atoms with Crippen molar-refractivity contribution in [3.8, 4) is 5.75 Å². The predicted octanol–water partition coefficient (Wildman–Crippen LogP) is 3.50. The van der Waals surface area contributed by atoms with E-state index in [-0.39, 0.29) is 11.6 Å². The van der Waals surface area contributed by atoms with Crippen molar-refractivity contribution in [3.63, 3.8) is 0 Å². The number of H-pyrrole nitrogens is 1. The van der Waals surface area contributed by atoms with Gasteiger partial charge in [0.25, 0.3) is 0 Å². The summed E-state index contributed by atoms with van der Waals surface area (Å²) < 4.78 is 5.33. The molecule has 0 atom stereocenters. The molecule has 5 nitrogen and oxygen atoms in total. The number of carbonyl (C=O) groups excluding carboxylic acids is 2. The molecule has 2 heterocycles. The highest BCUT2D eigenvalue weighted by molar-refractivity contribution is 6.34. The van der Waals surface area contributed by atoms with Crippen molar-refractivity contribution in [2.75, 3.05) is 7.11 Å². The Kier molecular flexibility index (Phi) is 2.65. The molecule has 4 aromatic rings. The Labute approximate surface area is 142 Å². The third-order valence-corrected chi connectivity index (χ3v) is 4.71. The van der Waals surface area contributed by atoms with Crippen LogP contribution in [0.4, 0.5) is 0 Å². The number of ketones is 2. The summed E-state index contributed by atoms with van der Waals surface area (Å²) in [7, 11) is 1.55. The molecule has 25 heavy (non-hydrogen) atoms. The molecular weight excluding hydrogens is 316 g/mol. The van der Waals surface area contributed by atoms with Gasteiger partial charge in [0.05, 0.1) is 23.9 Å². The molecule has 1 aliphatic carbocycles. The summed E-state index contributed by atoms with van der Waals surface area (Å²) in [5, 5.41) is 1.38. The Hall–Kier alpha value is -3.47. The smallest absolute Gasteiger partial charge is 0.211 e. The first-order valence-electron chi connectivity index (χ1n) is 7.86. The van der Waals surface area contributed by atoms with E-state index in [0.717, 1.165) is 10.9 Å². The molecule has 0 spiro atoms. The van der Waals surface area contributed by atoms with Crippen molar-refractivity contribution in [2.45, 2.75) is 0 Å². The number of aromatic nitrogens is 2. The minimum atomic E-state index is -0.193. The lowest BCUT2D eigenvalue weighted by atomic mass is 9.86. The number of nitrogens with one attached hydrogen (secondary N) is 1. The van der Waals surface area contributed by atoms with E-state index < -0.39 is 0 Å². The summed E-state index contributed by atoms with van der Waals surface area (Å²) in [6, 6.07) is 12.8. The molecule has 120 valence electrons. The van der Waals surface area contributed by atoms with Crippen LogP contribution in [-0.4, -0.2) is 28.6 Å². The van der Waals surface area contributed by atoms with Crippen molar-refractivity contribution in [1.29, 1.82) is 0 Å². The van der Waals surface area contributed by atoms with Crippen molar-refractivity contribution in [1.82, 2.24) is 9.97 Å². The van der Waals surface area contributed by atoms with Crippen LogP contribution in [0, 0.1) is 0 Å². The van der Waals surface area contributed by atoms with Crippen molar-refractivity contribution < 1.29 is 14.3 Å².